The van der Waals surface area contributed by atoms with Crippen molar-refractivity contribution >= 4 is 23.6 Å². The first kappa shape index (κ1) is 23.6. The van der Waals surface area contributed by atoms with Crippen LogP contribution in [0.5, 0.6) is 0 Å². The number of esters is 1. The number of carbonyl (C=O) groups is 2. The van der Waals surface area contributed by atoms with Gasteiger partial charge in [0, 0.05) is 24.2 Å². The van der Waals surface area contributed by atoms with Gasteiger partial charge in [-0.2, -0.15) is 4.68 Å². The number of rotatable bonds is 9. The van der Waals surface area contributed by atoms with Gasteiger partial charge in [-0.3, -0.25) is 4.79 Å². The van der Waals surface area contributed by atoms with Crippen molar-refractivity contribution in [1.29, 1.82) is 0 Å². The van der Waals surface area contributed by atoms with Crippen molar-refractivity contribution in [2.75, 3.05) is 6.61 Å². The van der Waals surface area contributed by atoms with Gasteiger partial charge in [0.25, 0.3) is 5.91 Å². The van der Waals surface area contributed by atoms with Crippen LogP contribution in [0.1, 0.15) is 25.2 Å². The number of amides is 1. The lowest BCUT2D eigenvalue weighted by Gasteiger charge is -2.26. The molecule has 0 atom stereocenters. The molecule has 0 radical (unpaired) electrons. The first-order chi connectivity index (χ1) is 17.0. The Kier molecular flexibility index (Phi) is 7.47. The molecule has 0 aliphatic heterocycles. The van der Waals surface area contributed by atoms with Crippen molar-refractivity contribution in [2.24, 2.45) is 0 Å². The number of benzene rings is 2. The van der Waals surface area contributed by atoms with Crippen LogP contribution in [0.3, 0.4) is 0 Å². The van der Waals surface area contributed by atoms with Crippen molar-refractivity contribution in [3.63, 3.8) is 0 Å². The lowest BCUT2D eigenvalue weighted by molar-refractivity contribution is -0.149. The number of aromatic nitrogens is 4. The summed E-state index contributed by atoms with van der Waals surface area (Å²) in [4.78, 5) is 27.8. The van der Waals surface area contributed by atoms with Crippen LogP contribution in [0.2, 0.25) is 0 Å². The molecule has 2 aromatic heterocycles. The van der Waals surface area contributed by atoms with Gasteiger partial charge in [-0.1, -0.05) is 60.7 Å². The van der Waals surface area contributed by atoms with E-state index >= 15 is 0 Å². The SMILES string of the molecule is CC(C)N(Cc1ccccc1)C(=O)COC(=O)/C(=C/c1ccco1)n1nnnc1-c1ccccc1. The summed E-state index contributed by atoms with van der Waals surface area (Å²) in [5, 5.41) is 11.8. The highest BCUT2D eigenvalue weighted by Crippen LogP contribution is 2.21. The summed E-state index contributed by atoms with van der Waals surface area (Å²) < 4.78 is 12.1. The van der Waals surface area contributed by atoms with Crippen LogP contribution in [0.25, 0.3) is 23.2 Å². The zero-order chi connectivity index (χ0) is 24.6. The maximum Gasteiger partial charge on any atom is 0.357 e. The van der Waals surface area contributed by atoms with Crippen LogP contribution < -0.4 is 0 Å². The van der Waals surface area contributed by atoms with E-state index in [9.17, 15) is 9.59 Å². The smallest absolute Gasteiger partial charge is 0.357 e. The first-order valence-electron chi connectivity index (χ1n) is 11.1. The zero-order valence-electron chi connectivity index (χ0n) is 19.4. The summed E-state index contributed by atoms with van der Waals surface area (Å²) in [6.07, 6.45) is 2.96. The molecule has 0 saturated carbocycles. The van der Waals surface area contributed by atoms with E-state index in [0.29, 0.717) is 23.7 Å². The molecule has 0 N–H and O–H groups in total. The molecular weight excluding hydrogens is 446 g/mol. The van der Waals surface area contributed by atoms with Gasteiger partial charge in [0.15, 0.2) is 18.1 Å². The van der Waals surface area contributed by atoms with Crippen LogP contribution in [-0.4, -0.2) is 49.6 Å². The lowest BCUT2D eigenvalue weighted by Crippen LogP contribution is -2.39. The molecule has 0 spiro atoms. The second kappa shape index (κ2) is 11.1. The molecule has 0 saturated heterocycles. The van der Waals surface area contributed by atoms with Crippen molar-refractivity contribution < 1.29 is 18.7 Å². The van der Waals surface area contributed by atoms with Crippen molar-refractivity contribution in [1.82, 2.24) is 25.1 Å². The van der Waals surface area contributed by atoms with Crippen LogP contribution in [0.15, 0.2) is 83.5 Å². The van der Waals surface area contributed by atoms with E-state index in [4.69, 9.17) is 9.15 Å². The van der Waals surface area contributed by atoms with E-state index in [-0.39, 0.29) is 17.6 Å². The van der Waals surface area contributed by atoms with Crippen molar-refractivity contribution in [3.8, 4) is 11.4 Å². The normalized spacial score (nSPS) is 11.5. The summed E-state index contributed by atoms with van der Waals surface area (Å²) in [7, 11) is 0. The number of hydrogen-bond acceptors (Lipinski definition) is 7. The summed E-state index contributed by atoms with van der Waals surface area (Å²) in [5.41, 5.74) is 1.71. The fourth-order valence-electron chi connectivity index (χ4n) is 3.45. The Bertz CT molecular complexity index is 1280. The van der Waals surface area contributed by atoms with E-state index in [2.05, 4.69) is 15.5 Å². The molecule has 4 aromatic rings. The van der Waals surface area contributed by atoms with Gasteiger partial charge in [-0.25, -0.2) is 4.79 Å². The van der Waals surface area contributed by atoms with Crippen LogP contribution in [0, 0.1) is 0 Å². The predicted octanol–water partition coefficient (Wildman–Crippen LogP) is 3.91. The van der Waals surface area contributed by atoms with Gasteiger partial charge in [0.1, 0.15) is 5.76 Å². The van der Waals surface area contributed by atoms with Gasteiger partial charge < -0.3 is 14.1 Å². The van der Waals surface area contributed by atoms with Gasteiger partial charge in [0.2, 0.25) is 0 Å². The molecule has 0 bridgehead atoms. The minimum absolute atomic E-state index is 0.00996. The number of hydrogen-bond donors (Lipinski definition) is 0. The Morgan fingerprint density at radius 2 is 1.74 bits per heavy atom. The molecule has 2 heterocycles. The standard InChI is InChI=1S/C26H25N5O4/c1-19(2)30(17-20-10-5-3-6-11-20)24(32)18-35-26(33)23(16-22-14-9-15-34-22)31-25(27-28-29-31)21-12-7-4-8-13-21/h3-16,19H,17-18H2,1-2H3/b23-16-. The largest absolute Gasteiger partial charge is 0.465 e. The van der Waals surface area contributed by atoms with Crippen LogP contribution in [-0.2, 0) is 20.9 Å². The minimum Gasteiger partial charge on any atom is -0.465 e. The third-order valence-corrected chi connectivity index (χ3v) is 5.23. The first-order valence-corrected chi connectivity index (χ1v) is 11.1. The number of tetrazole rings is 1. The Hall–Kier alpha value is -4.53. The van der Waals surface area contributed by atoms with Crippen molar-refractivity contribution in [2.45, 2.75) is 26.4 Å². The summed E-state index contributed by atoms with van der Waals surface area (Å²) in [6, 6.07) is 22.1. The second-order valence-electron chi connectivity index (χ2n) is 8.00. The summed E-state index contributed by atoms with van der Waals surface area (Å²) >= 11 is 0. The molecule has 9 heteroatoms. The maximum atomic E-state index is 13.2. The molecule has 0 fully saturated rings. The van der Waals surface area contributed by atoms with Gasteiger partial charge in [-0.05, 0) is 42.0 Å². The fraction of sp³-hybridized carbons (Fsp3) is 0.192. The molecule has 35 heavy (non-hydrogen) atoms. The van der Waals surface area contributed by atoms with Gasteiger partial charge in [-0.15, -0.1) is 5.10 Å². The average molecular weight is 472 g/mol. The molecule has 2 aromatic carbocycles. The molecule has 9 nitrogen and oxygen atoms in total. The van der Waals surface area contributed by atoms with Crippen LogP contribution in [0.4, 0.5) is 0 Å². The highest BCUT2D eigenvalue weighted by Gasteiger charge is 2.24. The van der Waals surface area contributed by atoms with Gasteiger partial charge in [0.05, 0.1) is 6.26 Å². The summed E-state index contributed by atoms with van der Waals surface area (Å²) in [6.45, 7) is 3.81. The topological polar surface area (TPSA) is 103 Å². The average Bonchev–Trinajstić information content (AvgIpc) is 3.57. The van der Waals surface area contributed by atoms with E-state index in [1.807, 2.05) is 74.5 Å². The Morgan fingerprint density at radius 3 is 2.40 bits per heavy atom. The summed E-state index contributed by atoms with van der Waals surface area (Å²) in [5.74, 6) is -0.317. The quantitative estimate of drug-likeness (QED) is 0.269. The number of nitrogens with zero attached hydrogens (tertiary/aromatic N) is 5. The monoisotopic (exact) mass is 471 g/mol. The highest BCUT2D eigenvalue weighted by molar-refractivity contribution is 6.15. The van der Waals surface area contributed by atoms with Crippen molar-refractivity contribution in [3.05, 3.63) is 90.4 Å². The Morgan fingerprint density at radius 1 is 1.03 bits per heavy atom. The molecule has 4 rings (SSSR count). The molecule has 0 aliphatic rings. The van der Waals surface area contributed by atoms with Crippen LogP contribution >= 0.6 is 0 Å². The second-order valence-corrected chi connectivity index (χ2v) is 8.00. The number of ether oxygens (including phenoxy) is 1. The third-order valence-electron chi connectivity index (χ3n) is 5.23. The number of carbonyl (C=O) groups excluding carboxylic acids is 2. The van der Waals surface area contributed by atoms with E-state index in [0.717, 1.165) is 5.56 Å². The minimum atomic E-state index is -0.761. The molecular formula is C26H25N5O4. The fourth-order valence-corrected chi connectivity index (χ4v) is 3.45. The van der Waals surface area contributed by atoms with E-state index in [1.165, 1.54) is 17.0 Å². The predicted molar refractivity (Wildman–Crippen MR) is 129 cm³/mol. The molecule has 0 aliphatic carbocycles. The van der Waals surface area contributed by atoms with E-state index in [1.54, 1.807) is 17.0 Å². The Labute approximate surface area is 202 Å². The zero-order valence-corrected chi connectivity index (χ0v) is 19.4. The number of furan rings is 1. The maximum absolute atomic E-state index is 13.2. The highest BCUT2D eigenvalue weighted by atomic mass is 16.5. The lowest BCUT2D eigenvalue weighted by atomic mass is 10.2. The van der Waals surface area contributed by atoms with Gasteiger partial charge >= 0.3 is 5.97 Å². The third kappa shape index (κ3) is 5.89. The molecule has 0 unspecified atom stereocenters. The van der Waals surface area contributed by atoms with E-state index < -0.39 is 12.6 Å². The molecule has 178 valence electrons. The molecule has 1 amide bonds. The Balaban J connectivity index is 1.55.